The molecule has 0 aliphatic carbocycles. The van der Waals surface area contributed by atoms with Crippen LogP contribution >= 0.6 is 15.8 Å². The first-order valence-electron chi connectivity index (χ1n) is 26.0. The number of carboxylic acid groups (broad SMARTS) is 4. The molecule has 6 rings (SSSR count). The average Bonchev–Trinajstić information content (AvgIpc) is 0.896. The standard InChI is InChI=1S/C27H26P2.2C7H5NO4.6C3H6O.2CHF3O3S.Pd/c1-5-14-24(15-6-1)28(25-16-7-2-8-17-25)22-13-23-29(26-18-9-3-10-19-26)27-20-11-4-12-21-27;2*9-6(10)4-1-5(7(11)12)3-8-2-4;6*1-3(2)4;2*2-1(3,4)8(5,6)7;/h1-12,14-21H,13,22-23H2;2*1-3H,(H,9,10)(H,11,12);6*1-2H3;2*(H,5,6,7);/q;;;;;;;;;;;+2/p-2. The number of rotatable bonds is 12. The maximum Gasteiger partial charge on any atom is 2.00 e. The minimum atomic E-state index is -6.09. The number of benzene rings is 4. The van der Waals surface area contributed by atoms with Crippen LogP contribution in [-0.4, -0.2) is 138 Å². The van der Waals surface area contributed by atoms with Gasteiger partial charge in [-0.15, -0.1) is 0 Å². The first kappa shape index (κ1) is 97.1. The van der Waals surface area contributed by atoms with Gasteiger partial charge in [-0.2, -0.15) is 26.3 Å². The van der Waals surface area contributed by atoms with Crippen molar-refractivity contribution in [1.82, 2.24) is 9.97 Å². The summed E-state index contributed by atoms with van der Waals surface area (Å²) < 4.78 is 118. The van der Waals surface area contributed by atoms with Gasteiger partial charge in [-0.3, -0.25) is 9.97 Å². The van der Waals surface area contributed by atoms with E-state index in [0.717, 1.165) is 36.9 Å². The van der Waals surface area contributed by atoms with Gasteiger partial charge in [0, 0.05) is 24.8 Å². The molecule has 4 N–H and O–H groups in total. The number of alkyl halides is 6. The molecule has 0 aliphatic rings. The van der Waals surface area contributed by atoms with E-state index in [9.17, 15) is 74.3 Å². The maximum absolute atomic E-state index is 10.7. The summed E-state index contributed by atoms with van der Waals surface area (Å²) in [7, 11) is -12.8. The van der Waals surface area contributed by atoms with E-state index in [0.29, 0.717) is 0 Å². The summed E-state index contributed by atoms with van der Waals surface area (Å²) in [6.45, 7) is 18.3. The fourth-order valence-corrected chi connectivity index (χ4v) is 9.94. The van der Waals surface area contributed by atoms with Crippen molar-refractivity contribution in [2.75, 3.05) is 12.3 Å². The molecule has 4 aromatic carbocycles. The van der Waals surface area contributed by atoms with Crippen molar-refractivity contribution < 1.29 is 141 Å². The van der Waals surface area contributed by atoms with E-state index in [1.165, 1.54) is 123 Å². The number of hydrogen-bond donors (Lipinski definition) is 4. The van der Waals surface area contributed by atoms with Gasteiger partial charge in [0.05, 0.1) is 22.3 Å². The molecule has 0 fully saturated rings. The quantitative estimate of drug-likeness (QED) is 0.0291. The zero-order chi connectivity index (χ0) is 73.5. The van der Waals surface area contributed by atoms with Crippen LogP contribution in [0.2, 0.25) is 0 Å². The SMILES string of the molecule is CC(C)=O.CC(C)=O.CC(C)=O.CC(C)=O.CC(C)=O.CC(C)=O.O=C(O)c1cncc(C(=O)O)c1.O=C(O)c1cncc(C(=O)O)c1.O=S(=O)([O-])C(F)(F)F.O=S(=O)([O-])C(F)(F)F.[Pd+2].c1ccc(P(CCCP(c2ccccc2)c2ccccc2)c2ccccc2)cc1. The second kappa shape index (κ2) is 52.4. The molecular formula is C61H72F6N2O20P2PdS2. The number of Topliss-reactive ketones (excluding diaryl/α,β-unsaturated/α-hetero) is 6. The monoisotopic (exact) mass is 1500 g/mol. The van der Waals surface area contributed by atoms with Crippen LogP contribution < -0.4 is 21.2 Å². The summed E-state index contributed by atoms with van der Waals surface area (Å²) in [6.07, 6.45) is 8.09. The van der Waals surface area contributed by atoms with Crippen LogP contribution in [0.5, 0.6) is 0 Å². The predicted molar refractivity (Wildman–Crippen MR) is 338 cm³/mol. The number of carboxylic acids is 4. The van der Waals surface area contributed by atoms with E-state index in [4.69, 9.17) is 46.4 Å². The molecule has 0 saturated heterocycles. The number of aromatic carboxylic acids is 4. The predicted octanol–water partition coefficient (Wildman–Crippen LogP) is 10.3. The molecule has 0 unspecified atom stereocenters. The summed E-state index contributed by atoms with van der Waals surface area (Å²) in [5.41, 5.74) is -11.8. The van der Waals surface area contributed by atoms with Crippen LogP contribution in [0.25, 0.3) is 0 Å². The molecule has 0 atom stereocenters. The second-order valence-corrected chi connectivity index (χ2v) is 25.8. The van der Waals surface area contributed by atoms with Crippen LogP contribution in [0.1, 0.15) is 131 Å². The first-order valence-corrected chi connectivity index (χ1v) is 31.9. The zero-order valence-corrected chi connectivity index (χ0v) is 57.6. The molecule has 0 amide bonds. The molecule has 0 saturated carbocycles. The third-order valence-electron chi connectivity index (χ3n) is 8.07. The molecule has 520 valence electrons. The second-order valence-electron chi connectivity index (χ2n) is 18.4. The fourth-order valence-electron chi connectivity index (χ4n) is 4.98. The van der Waals surface area contributed by atoms with Crippen molar-refractivity contribution in [1.29, 1.82) is 0 Å². The minimum absolute atomic E-state index is 0. The number of carbonyl (C=O) groups is 10. The van der Waals surface area contributed by atoms with Crippen LogP contribution in [-0.2, 0) is 69.4 Å². The smallest absolute Gasteiger partial charge is 0.741 e. The first-order chi connectivity index (χ1) is 42.5. The van der Waals surface area contributed by atoms with Gasteiger partial charge < -0.3 is 58.3 Å². The molecule has 22 nitrogen and oxygen atoms in total. The van der Waals surface area contributed by atoms with Crippen LogP contribution in [0.4, 0.5) is 26.3 Å². The van der Waals surface area contributed by atoms with Crippen molar-refractivity contribution in [2.24, 2.45) is 0 Å². The Labute approximate surface area is 557 Å². The molecule has 0 radical (unpaired) electrons. The Bertz CT molecular complexity index is 3040. The molecule has 0 bridgehead atoms. The number of pyridine rings is 2. The molecule has 2 heterocycles. The van der Waals surface area contributed by atoms with Crippen molar-refractivity contribution in [3.63, 3.8) is 0 Å². The van der Waals surface area contributed by atoms with E-state index in [-0.39, 0.29) is 93.2 Å². The Morgan fingerprint density at radius 2 is 0.500 bits per heavy atom. The number of carbonyl (C=O) groups excluding carboxylic acids is 6. The Morgan fingerprint density at radius 3 is 0.617 bits per heavy atom. The van der Waals surface area contributed by atoms with Crippen LogP contribution in [0, 0.1) is 0 Å². The minimum Gasteiger partial charge on any atom is -0.741 e. The van der Waals surface area contributed by atoms with Gasteiger partial charge in [0.2, 0.25) is 0 Å². The summed E-state index contributed by atoms with van der Waals surface area (Å²) in [5.74, 6) is -3.76. The molecule has 6 aromatic rings. The van der Waals surface area contributed by atoms with Crippen molar-refractivity contribution >= 4 is 116 Å². The van der Waals surface area contributed by atoms with Gasteiger partial charge in [-0.25, -0.2) is 36.0 Å². The summed E-state index contributed by atoms with van der Waals surface area (Å²) in [5, 5.41) is 39.8. The van der Waals surface area contributed by atoms with Crippen LogP contribution in [0.3, 0.4) is 0 Å². The number of nitrogens with zero attached hydrogens (tertiary/aromatic N) is 2. The van der Waals surface area contributed by atoms with Gasteiger partial charge in [-0.05, 0) is 151 Å². The molecular weight excluding hydrogens is 1430 g/mol. The molecule has 94 heavy (non-hydrogen) atoms. The zero-order valence-electron chi connectivity index (χ0n) is 52.6. The Hall–Kier alpha value is -8.00. The largest absolute Gasteiger partial charge is 2.00 e. The summed E-state index contributed by atoms with van der Waals surface area (Å²) in [6, 6.07) is 46.4. The van der Waals surface area contributed by atoms with Gasteiger partial charge in [0.25, 0.3) is 0 Å². The Kier molecular flexibility index (Phi) is 54.1. The van der Waals surface area contributed by atoms with E-state index >= 15 is 0 Å². The number of halogens is 6. The third-order valence-corrected chi connectivity index (χ3v) is 14.4. The molecule has 0 aliphatic heterocycles. The Balaban J connectivity index is -0.000000253. The van der Waals surface area contributed by atoms with Gasteiger partial charge in [0.1, 0.15) is 34.7 Å². The molecule has 2 aromatic heterocycles. The Morgan fingerprint density at radius 1 is 0.362 bits per heavy atom. The number of hydrogen-bond acceptors (Lipinski definition) is 18. The molecule has 33 heteroatoms. The van der Waals surface area contributed by atoms with Crippen molar-refractivity contribution in [3.05, 3.63) is 181 Å². The maximum atomic E-state index is 10.7. The average molecular weight is 1500 g/mol. The van der Waals surface area contributed by atoms with Gasteiger partial charge in [-0.1, -0.05) is 121 Å². The van der Waals surface area contributed by atoms with E-state index in [2.05, 4.69) is 131 Å². The third kappa shape index (κ3) is 57.9. The summed E-state index contributed by atoms with van der Waals surface area (Å²) in [4.78, 5) is 105. The van der Waals surface area contributed by atoms with E-state index < -0.39 is 55.1 Å². The fraction of sp³-hybridized carbons (Fsp3) is 0.279. The normalized spacial score (nSPS) is 9.85. The van der Waals surface area contributed by atoms with Gasteiger partial charge >= 0.3 is 55.3 Å². The van der Waals surface area contributed by atoms with Gasteiger partial charge in [0.15, 0.2) is 20.2 Å². The number of aromatic nitrogens is 2. The molecule has 0 spiro atoms. The number of ketones is 6. The topological polar surface area (TPSA) is 392 Å². The van der Waals surface area contributed by atoms with E-state index in [1.807, 2.05) is 0 Å². The summed E-state index contributed by atoms with van der Waals surface area (Å²) >= 11 is 0. The van der Waals surface area contributed by atoms with E-state index in [1.54, 1.807) is 0 Å². The van der Waals surface area contributed by atoms with Crippen LogP contribution in [0.15, 0.2) is 158 Å². The van der Waals surface area contributed by atoms with Crippen molar-refractivity contribution in [3.8, 4) is 0 Å². The van der Waals surface area contributed by atoms with Crippen molar-refractivity contribution in [2.45, 2.75) is 101 Å².